The third-order valence-electron chi connectivity index (χ3n) is 27.2. The molecule has 9 unspecified atom stereocenters. The smallest absolute Gasteiger partial charge is 0.407 e. The number of ether oxygens (including phenoxy) is 7. The molecule has 2 amide bonds. The van der Waals surface area contributed by atoms with Crippen molar-refractivity contribution in [1.82, 2.24) is 31.1 Å². The molecule has 3 fully saturated rings. The Hall–Kier alpha value is -10.2. The van der Waals surface area contributed by atoms with Gasteiger partial charge in [0.15, 0.2) is 18.3 Å². The fourth-order valence-electron chi connectivity index (χ4n) is 21.0. The number of aryl methyl sites for hydroxylation is 1. The van der Waals surface area contributed by atoms with E-state index in [1.54, 1.807) is 78.9 Å². The fourth-order valence-corrected chi connectivity index (χ4v) is 21.0. The highest BCUT2D eigenvalue weighted by atomic mass is 17.2. The van der Waals surface area contributed by atoms with E-state index >= 15 is 0 Å². The Kier molecular flexibility index (Phi) is 63.0. The first kappa shape index (κ1) is 132. The van der Waals surface area contributed by atoms with Crippen molar-refractivity contribution >= 4 is 65.5 Å². The fraction of sp³-hybridized carbons (Fsp3) is 0.664. The zero-order valence-corrected chi connectivity index (χ0v) is 94.2. The SMILES string of the molecule is CCC(Cc1ccccc1)(C(=O)c1ccc(OCCOC(=O)NC2CC(C)(C)CC(C)(CN=C=O)C2)cc1)N(C)C.CCC(Cc1ccccc1)(C(=O)c1ccc(OCCOC(=O)NCCC(C)CC(C)(C)CN=C=O)cc1)N(C)C.CCOCCCCOOCNC1CC(C)(C)CC(C)(CN=C=O)C1.CCOCCCCOOCNC1CC(C)(C)CC(C)(CN=C=O)C1.CCOCCCCOOCNc1ccc(C)c(N=C=O)c1. The van der Waals surface area contributed by atoms with Gasteiger partial charge in [0.2, 0.25) is 30.4 Å². The Bertz CT molecular complexity index is 4820. The summed E-state index contributed by atoms with van der Waals surface area (Å²) in [6.07, 6.45) is 25.7. The van der Waals surface area contributed by atoms with Gasteiger partial charge in [-0.2, -0.15) is 4.99 Å². The van der Waals surface area contributed by atoms with Crippen LogP contribution in [0.1, 0.15) is 277 Å². The van der Waals surface area contributed by atoms with Gasteiger partial charge in [-0.15, -0.1) is 0 Å². The van der Waals surface area contributed by atoms with Crippen molar-refractivity contribution in [2.75, 3.05) is 172 Å². The first-order valence-electron chi connectivity index (χ1n) is 53.4. The summed E-state index contributed by atoms with van der Waals surface area (Å²) in [6, 6.07) is 40.5. The molecule has 0 aliphatic heterocycles. The van der Waals surface area contributed by atoms with E-state index in [9.17, 15) is 43.2 Å². The zero-order chi connectivity index (χ0) is 111. The van der Waals surface area contributed by atoms with Crippen LogP contribution in [0.4, 0.5) is 21.0 Å². The van der Waals surface area contributed by atoms with E-state index in [2.05, 4.69) is 159 Å². The maximum atomic E-state index is 13.7. The molecule has 0 saturated heterocycles. The number of unbranched alkanes of at least 4 members (excludes halogenated alkanes) is 3. The molecule has 150 heavy (non-hydrogen) atoms. The van der Waals surface area contributed by atoms with E-state index in [1.807, 2.05) is 128 Å². The van der Waals surface area contributed by atoms with Crippen LogP contribution < -0.4 is 36.1 Å². The third kappa shape index (κ3) is 53.4. The molecule has 0 heterocycles. The second kappa shape index (κ2) is 71.6. The lowest BCUT2D eigenvalue weighted by molar-refractivity contribution is -0.300. The number of carbonyl (C=O) groups is 4. The molecule has 836 valence electrons. The normalized spacial score (nSPS) is 19.2. The van der Waals surface area contributed by atoms with Crippen molar-refractivity contribution in [3.8, 4) is 11.5 Å². The van der Waals surface area contributed by atoms with Crippen molar-refractivity contribution in [2.24, 2.45) is 68.8 Å². The van der Waals surface area contributed by atoms with Gasteiger partial charge in [-0.05, 0) is 312 Å². The summed E-state index contributed by atoms with van der Waals surface area (Å²) in [5.41, 5.74) is 4.70. The Morgan fingerprint density at radius 1 is 0.440 bits per heavy atom. The topological polar surface area (TPSA) is 402 Å². The summed E-state index contributed by atoms with van der Waals surface area (Å²) in [4.78, 5) is 158. The van der Waals surface area contributed by atoms with Crippen LogP contribution in [0.5, 0.6) is 11.5 Å². The van der Waals surface area contributed by atoms with E-state index in [1.165, 1.54) is 6.08 Å². The molecule has 3 saturated carbocycles. The first-order valence-corrected chi connectivity index (χ1v) is 53.4. The standard InChI is InChI=1S/C33H45N3O5.C32H45N3O5.2C18H34N2O4.C15H22N2O4/c1-7-33(36(5)6,19-25-11-9-8-10-12-25)29(38)26-13-15-28(16-14-26)40-17-18-41-30(39)35-27-20-31(2,3)22-32(4,21-27)23-34-24-37;1-7-32(35(5)6,22-26-11-9-8-10-12-26)29(37)27-13-15-28(16-14-27)39-19-20-40-30(38)34-18-17-25(2)21-31(3,4)23-33-24-36;2*1-5-22-8-6-7-9-23-24-15-20-16-10-17(2,3)12-18(4,11-16)13-19-14-21;1-3-19-8-4-5-9-20-21-12-17-14-7-6-13(2)15(10-14)16-11-18/h8-16,27H,7,17-23H2,1-6H3,(H,35,39);8-16,25H,7,17-23H2,1-6H3,(H,34,38);2*16,20H,5-13,15H2,1-4H3;6-7,10,17H,3-5,8-9,12H2,1-2H3. The van der Waals surface area contributed by atoms with Crippen LogP contribution in [0.3, 0.4) is 0 Å². The van der Waals surface area contributed by atoms with Crippen molar-refractivity contribution in [3.63, 3.8) is 0 Å². The maximum Gasteiger partial charge on any atom is 0.407 e. The summed E-state index contributed by atoms with van der Waals surface area (Å²) in [6.45, 7) is 48.2. The van der Waals surface area contributed by atoms with Gasteiger partial charge in [-0.1, -0.05) is 164 Å². The Morgan fingerprint density at radius 2 is 0.820 bits per heavy atom. The predicted molar refractivity (Wildman–Crippen MR) is 585 cm³/mol. The Labute approximate surface area is 894 Å². The first-order chi connectivity index (χ1) is 71.5. The number of ketones is 2. The predicted octanol–water partition coefficient (Wildman–Crippen LogP) is 21.1. The van der Waals surface area contributed by atoms with E-state index in [0.29, 0.717) is 138 Å². The van der Waals surface area contributed by atoms with Crippen molar-refractivity contribution in [3.05, 3.63) is 155 Å². The van der Waals surface area contributed by atoms with Gasteiger partial charge in [0.05, 0.1) is 62.8 Å². The molecule has 0 aromatic heterocycles. The number of hydrogen-bond acceptors (Lipinski definition) is 32. The van der Waals surface area contributed by atoms with Gasteiger partial charge in [-0.25, -0.2) is 82.9 Å². The van der Waals surface area contributed by atoms with Crippen LogP contribution in [-0.4, -0.2) is 260 Å². The number of rotatable bonds is 65. The number of isocyanates is 5. The molecule has 0 radical (unpaired) electrons. The lowest BCUT2D eigenvalue weighted by Crippen LogP contribution is -2.52. The van der Waals surface area contributed by atoms with Crippen LogP contribution >= 0.6 is 0 Å². The number of amides is 2. The summed E-state index contributed by atoms with van der Waals surface area (Å²) in [5.74, 6) is 1.70. The van der Waals surface area contributed by atoms with Crippen LogP contribution in [0, 0.1) is 50.7 Å². The molecule has 9 atom stereocenters. The minimum Gasteiger partial charge on any atom is -0.490 e. The molecule has 8 rings (SSSR count). The highest BCUT2D eigenvalue weighted by Gasteiger charge is 2.46. The number of likely N-dealkylation sites (N-methyl/N-ethyl adjacent to an activating group) is 2. The van der Waals surface area contributed by atoms with Gasteiger partial charge in [0, 0.05) is 81.1 Å². The second-order valence-electron chi connectivity index (χ2n) is 44.0. The molecule has 3 aliphatic rings. The van der Waals surface area contributed by atoms with Crippen LogP contribution in [-0.2, 0) is 89.8 Å². The number of carbonyl (C=O) groups excluding carboxylic acids is 9. The molecular weight excluding hydrogens is 1910 g/mol. The minimum atomic E-state index is -0.655. The average Bonchev–Trinajstić information content (AvgIpc) is 0.793. The number of nitrogens with zero attached hydrogens (tertiary/aromatic N) is 7. The molecule has 5 N–H and O–H groups in total. The largest absolute Gasteiger partial charge is 0.490 e. The second-order valence-corrected chi connectivity index (χ2v) is 44.0. The Balaban J connectivity index is 0.000000401. The Morgan fingerprint density at radius 3 is 1.20 bits per heavy atom. The molecule has 0 spiro atoms. The highest BCUT2D eigenvalue weighted by Crippen LogP contribution is 2.49. The molecule has 5 aromatic carbocycles. The third-order valence-corrected chi connectivity index (χ3v) is 27.2. The van der Waals surface area contributed by atoms with Gasteiger partial charge < -0.3 is 49.1 Å². The van der Waals surface area contributed by atoms with E-state index in [4.69, 9.17) is 62.5 Å². The van der Waals surface area contributed by atoms with E-state index < -0.39 is 23.3 Å². The van der Waals surface area contributed by atoms with Crippen LogP contribution in [0.2, 0.25) is 0 Å². The van der Waals surface area contributed by atoms with Gasteiger partial charge in [0.1, 0.15) is 51.4 Å². The molecular formula is C116H180N12O22. The van der Waals surface area contributed by atoms with Crippen LogP contribution in [0.25, 0.3) is 0 Å². The van der Waals surface area contributed by atoms with Gasteiger partial charge in [-0.3, -0.25) is 30.0 Å². The summed E-state index contributed by atoms with van der Waals surface area (Å²) >= 11 is 0. The molecule has 3 aliphatic carbocycles. The number of Topliss-reactive ketones (excluding diaryl/α,β-unsaturated/α-hetero) is 2. The van der Waals surface area contributed by atoms with Gasteiger partial charge in [0.25, 0.3) is 0 Å². The zero-order valence-electron chi connectivity index (χ0n) is 94.2. The van der Waals surface area contributed by atoms with Crippen LogP contribution in [0.15, 0.2) is 152 Å². The molecule has 34 heteroatoms. The quantitative estimate of drug-likeness (QED) is 0.00459. The number of alkyl carbamates (subject to hydrolysis) is 2. The lowest BCUT2D eigenvalue weighted by Gasteiger charge is -2.46. The monoisotopic (exact) mass is 2090 g/mol. The van der Waals surface area contributed by atoms with E-state index in [0.717, 1.165) is 171 Å². The average molecular weight is 2090 g/mol. The maximum absolute atomic E-state index is 13.7. The van der Waals surface area contributed by atoms with Gasteiger partial charge >= 0.3 is 12.2 Å². The number of anilines is 1. The number of hydrogen-bond donors (Lipinski definition) is 5. The van der Waals surface area contributed by atoms with Crippen molar-refractivity contribution in [2.45, 2.75) is 289 Å². The summed E-state index contributed by atoms with van der Waals surface area (Å²) < 4.78 is 37.8. The highest BCUT2D eigenvalue weighted by molar-refractivity contribution is 6.04. The summed E-state index contributed by atoms with van der Waals surface area (Å²) in [5, 5.41) is 15.6. The number of nitrogens with one attached hydrogen (secondary N) is 5. The van der Waals surface area contributed by atoms with E-state index in [-0.39, 0.29) is 88.7 Å². The molecule has 5 aromatic rings. The number of aliphatic imine (C=N–C) groups is 5. The number of benzene rings is 5. The minimum absolute atomic E-state index is 0.00485. The van der Waals surface area contributed by atoms with Crippen molar-refractivity contribution < 1.29 is 106 Å². The van der Waals surface area contributed by atoms with Crippen molar-refractivity contribution in [1.29, 1.82) is 0 Å². The lowest BCUT2D eigenvalue weighted by atomic mass is 9.62. The molecule has 0 bridgehead atoms. The summed E-state index contributed by atoms with van der Waals surface area (Å²) in [7, 11) is 7.81. The molecule has 34 nitrogen and oxygen atoms in total.